The molecule has 0 fully saturated rings. The molecule has 1 aliphatic rings. The van der Waals surface area contributed by atoms with Gasteiger partial charge < -0.3 is 0 Å². The normalized spacial score (nSPS) is 17.7. The zero-order valence-corrected chi connectivity index (χ0v) is 10.8. The molecule has 0 radical (unpaired) electrons. The molecule has 1 unspecified atom stereocenters. The van der Waals surface area contributed by atoms with Gasteiger partial charge >= 0.3 is 0 Å². The lowest BCUT2D eigenvalue weighted by molar-refractivity contribution is 0.00826. The highest BCUT2D eigenvalue weighted by atomic mass is 32.2. The van der Waals surface area contributed by atoms with Crippen molar-refractivity contribution in [1.29, 1.82) is 0 Å². The van der Waals surface area contributed by atoms with E-state index in [-0.39, 0.29) is 0 Å². The van der Waals surface area contributed by atoms with Crippen LogP contribution in [0.1, 0.15) is 17.2 Å². The third-order valence-electron chi connectivity index (χ3n) is 3.01. The third-order valence-corrected chi connectivity index (χ3v) is 4.19. The van der Waals surface area contributed by atoms with Crippen molar-refractivity contribution >= 4 is 11.8 Å². The Balaban J connectivity index is 1.56. The first-order valence-electron chi connectivity index (χ1n) is 6.06. The van der Waals surface area contributed by atoms with Crippen molar-refractivity contribution in [2.45, 2.75) is 17.5 Å². The largest absolute Gasteiger partial charge is 0.296 e. The van der Waals surface area contributed by atoms with E-state index in [0.717, 1.165) is 5.75 Å². The van der Waals surface area contributed by atoms with E-state index in [2.05, 4.69) is 41.9 Å². The fourth-order valence-electron chi connectivity index (χ4n) is 2.06. The lowest BCUT2D eigenvalue weighted by Gasteiger charge is -2.13. The van der Waals surface area contributed by atoms with E-state index in [9.17, 15) is 0 Å². The quantitative estimate of drug-likeness (QED) is 0.846. The van der Waals surface area contributed by atoms with E-state index in [1.54, 1.807) is 0 Å². The highest BCUT2D eigenvalue weighted by molar-refractivity contribution is 7.99. The molecule has 1 atom stereocenters. The monoisotopic (exact) mass is 257 g/mol. The van der Waals surface area contributed by atoms with E-state index >= 15 is 0 Å². The smallest absolute Gasteiger partial charge is 0.0933 e. The van der Waals surface area contributed by atoms with Gasteiger partial charge in [0.1, 0.15) is 0 Å². The molecule has 0 bridgehead atoms. The summed E-state index contributed by atoms with van der Waals surface area (Å²) in [5.41, 5.74) is 5.69. The predicted octanol–water partition coefficient (Wildman–Crippen LogP) is 3.55. The molecule has 92 valence electrons. The fraction of sp³-hybridized carbons (Fsp3) is 0.200. The minimum Gasteiger partial charge on any atom is -0.296 e. The Morgan fingerprint density at radius 3 is 2.72 bits per heavy atom. The molecule has 0 amide bonds. The molecule has 3 rings (SSSR count). The number of benzene rings is 2. The van der Waals surface area contributed by atoms with Crippen molar-refractivity contribution in [2.75, 3.05) is 5.75 Å². The Kier molecular flexibility index (Phi) is 3.64. The van der Waals surface area contributed by atoms with Gasteiger partial charge in [-0.3, -0.25) is 4.84 Å². The summed E-state index contributed by atoms with van der Waals surface area (Å²) in [6.45, 7) is 0.601. The van der Waals surface area contributed by atoms with Crippen LogP contribution >= 0.6 is 11.8 Å². The van der Waals surface area contributed by atoms with E-state index in [4.69, 9.17) is 4.84 Å². The third kappa shape index (κ3) is 2.58. The molecule has 0 saturated heterocycles. The second kappa shape index (κ2) is 5.57. The van der Waals surface area contributed by atoms with Crippen LogP contribution in [-0.2, 0) is 11.4 Å². The maximum Gasteiger partial charge on any atom is 0.0933 e. The number of hydroxylamine groups is 1. The molecule has 0 aliphatic carbocycles. The summed E-state index contributed by atoms with van der Waals surface area (Å²) in [5, 5.41) is 0. The molecule has 0 spiro atoms. The second-order valence-corrected chi connectivity index (χ2v) is 5.36. The number of rotatable bonds is 4. The highest BCUT2D eigenvalue weighted by Crippen LogP contribution is 2.37. The Hall–Kier alpha value is -1.29. The number of nitrogens with one attached hydrogen (secondary N) is 1. The molecule has 2 nitrogen and oxygen atoms in total. The summed E-state index contributed by atoms with van der Waals surface area (Å²) < 4.78 is 0. The van der Waals surface area contributed by atoms with Crippen molar-refractivity contribution in [1.82, 2.24) is 5.48 Å². The lowest BCUT2D eigenvalue weighted by atomic mass is 10.1. The summed E-state index contributed by atoms with van der Waals surface area (Å²) in [6, 6.07) is 19.0. The molecule has 18 heavy (non-hydrogen) atoms. The molecule has 1 N–H and O–H groups in total. The van der Waals surface area contributed by atoms with Crippen LogP contribution in [0, 0.1) is 0 Å². The molecular formula is C15H15NOS. The molecule has 1 heterocycles. The second-order valence-electron chi connectivity index (χ2n) is 4.29. The molecule has 1 aliphatic heterocycles. The molecular weight excluding hydrogens is 242 g/mol. The molecule has 2 aromatic rings. The summed E-state index contributed by atoms with van der Waals surface area (Å²) in [6.07, 6.45) is 0. The highest BCUT2D eigenvalue weighted by Gasteiger charge is 2.22. The minimum atomic E-state index is 0.301. The lowest BCUT2D eigenvalue weighted by Crippen LogP contribution is -2.21. The van der Waals surface area contributed by atoms with Gasteiger partial charge in [0.2, 0.25) is 0 Å². The first kappa shape index (κ1) is 11.8. The number of hydrogen-bond donors (Lipinski definition) is 1. The van der Waals surface area contributed by atoms with E-state index in [1.165, 1.54) is 16.0 Å². The zero-order chi connectivity index (χ0) is 12.2. The van der Waals surface area contributed by atoms with Crippen molar-refractivity contribution in [2.24, 2.45) is 0 Å². The van der Waals surface area contributed by atoms with Crippen LogP contribution in [0.2, 0.25) is 0 Å². The van der Waals surface area contributed by atoms with Crippen LogP contribution in [0.4, 0.5) is 0 Å². The van der Waals surface area contributed by atoms with Crippen molar-refractivity contribution in [3.05, 3.63) is 65.7 Å². The Morgan fingerprint density at radius 2 is 1.83 bits per heavy atom. The van der Waals surface area contributed by atoms with E-state index in [0.29, 0.717) is 12.6 Å². The maximum absolute atomic E-state index is 5.60. The molecule has 0 saturated carbocycles. The van der Waals surface area contributed by atoms with Gasteiger partial charge in [0, 0.05) is 10.6 Å². The van der Waals surface area contributed by atoms with Crippen LogP contribution in [-0.4, -0.2) is 5.75 Å². The van der Waals surface area contributed by atoms with Gasteiger partial charge in [-0.25, -0.2) is 0 Å². The topological polar surface area (TPSA) is 21.3 Å². The first-order valence-corrected chi connectivity index (χ1v) is 7.05. The SMILES string of the molecule is c1ccc(CONC2CSc3ccccc32)cc1. The van der Waals surface area contributed by atoms with Crippen LogP contribution in [0.5, 0.6) is 0 Å². The van der Waals surface area contributed by atoms with Gasteiger partial charge in [-0.15, -0.1) is 11.8 Å². The summed E-state index contributed by atoms with van der Waals surface area (Å²) in [5.74, 6) is 1.04. The summed E-state index contributed by atoms with van der Waals surface area (Å²) in [7, 11) is 0. The number of thioether (sulfide) groups is 1. The number of hydrogen-bond acceptors (Lipinski definition) is 3. The standard InChI is InChI=1S/C15H15NOS/c1-2-6-12(7-3-1)10-17-16-14-11-18-15-9-5-4-8-13(14)15/h1-9,14,16H,10-11H2. The summed E-state index contributed by atoms with van der Waals surface area (Å²) in [4.78, 5) is 6.96. The van der Waals surface area contributed by atoms with Gasteiger partial charge in [0.05, 0.1) is 12.6 Å². The Labute approximate surface area is 111 Å². The van der Waals surface area contributed by atoms with Crippen molar-refractivity contribution < 1.29 is 4.84 Å². The summed E-state index contributed by atoms with van der Waals surface area (Å²) >= 11 is 1.88. The van der Waals surface area contributed by atoms with Crippen LogP contribution in [0.25, 0.3) is 0 Å². The van der Waals surface area contributed by atoms with Crippen LogP contribution < -0.4 is 5.48 Å². The van der Waals surface area contributed by atoms with Crippen molar-refractivity contribution in [3.63, 3.8) is 0 Å². The van der Waals surface area contributed by atoms with Gasteiger partial charge in [-0.1, -0.05) is 48.5 Å². The van der Waals surface area contributed by atoms with E-state index < -0.39 is 0 Å². The zero-order valence-electron chi connectivity index (χ0n) is 10.0. The van der Waals surface area contributed by atoms with Gasteiger partial charge in [-0.2, -0.15) is 5.48 Å². The Bertz CT molecular complexity index is 515. The van der Waals surface area contributed by atoms with Gasteiger partial charge in [0.15, 0.2) is 0 Å². The van der Waals surface area contributed by atoms with Gasteiger partial charge in [0.25, 0.3) is 0 Å². The number of fused-ring (bicyclic) bond motifs is 1. The average molecular weight is 257 g/mol. The minimum absolute atomic E-state index is 0.301. The molecule has 3 heteroatoms. The molecule has 2 aromatic carbocycles. The van der Waals surface area contributed by atoms with Crippen LogP contribution in [0.3, 0.4) is 0 Å². The van der Waals surface area contributed by atoms with Crippen LogP contribution in [0.15, 0.2) is 59.5 Å². The fourth-order valence-corrected chi connectivity index (χ4v) is 3.21. The van der Waals surface area contributed by atoms with Crippen molar-refractivity contribution in [3.8, 4) is 0 Å². The first-order chi connectivity index (χ1) is 8.93. The Morgan fingerprint density at radius 1 is 1.06 bits per heavy atom. The average Bonchev–Trinajstić information content (AvgIpc) is 2.84. The molecule has 0 aromatic heterocycles. The predicted molar refractivity (Wildman–Crippen MR) is 74.3 cm³/mol. The van der Waals surface area contributed by atoms with Gasteiger partial charge in [-0.05, 0) is 17.2 Å². The maximum atomic E-state index is 5.60. The van der Waals surface area contributed by atoms with E-state index in [1.807, 2.05) is 30.0 Å².